The number of fused-ring (bicyclic) bond motifs is 2. The molecule has 0 radical (unpaired) electrons. The van der Waals surface area contributed by atoms with Gasteiger partial charge in [0.25, 0.3) is 5.56 Å². The Hall–Kier alpha value is -3.20. The first-order valence-electron chi connectivity index (χ1n) is 12.9. The van der Waals surface area contributed by atoms with Gasteiger partial charge >= 0.3 is 0 Å². The Kier molecular flexibility index (Phi) is 6.41. The largest absolute Gasteiger partial charge is 0.338 e. The predicted octanol–water partition coefficient (Wildman–Crippen LogP) is 3.88. The minimum atomic E-state index is -3.57. The summed E-state index contributed by atoms with van der Waals surface area (Å²) in [6.45, 7) is 5.92. The third kappa shape index (κ3) is 4.30. The van der Waals surface area contributed by atoms with E-state index >= 15 is 0 Å². The highest BCUT2D eigenvalue weighted by Crippen LogP contribution is 2.42. The molecule has 3 heterocycles. The molecule has 1 fully saturated rings. The molecular weight excluding hydrogens is 502 g/mol. The van der Waals surface area contributed by atoms with Gasteiger partial charge in [-0.15, -0.1) is 0 Å². The highest BCUT2D eigenvalue weighted by molar-refractivity contribution is 7.89. The van der Waals surface area contributed by atoms with Crippen molar-refractivity contribution >= 4 is 32.4 Å². The van der Waals surface area contributed by atoms with Crippen LogP contribution in [-0.4, -0.2) is 58.1 Å². The van der Waals surface area contributed by atoms with Crippen LogP contribution in [-0.2, 0) is 22.1 Å². The molecule has 2 aromatic heterocycles. The summed E-state index contributed by atoms with van der Waals surface area (Å²) >= 11 is 0. The molecule has 11 heteroatoms. The highest BCUT2D eigenvalue weighted by Gasteiger charge is 2.42. The van der Waals surface area contributed by atoms with Gasteiger partial charge in [-0.3, -0.25) is 9.48 Å². The molecule has 5 rings (SSSR count). The van der Waals surface area contributed by atoms with Crippen LogP contribution in [0.4, 0.5) is 11.5 Å². The molecule has 1 aromatic carbocycles. The Balaban J connectivity index is 1.55. The monoisotopic (exact) mass is 537 g/mol. The van der Waals surface area contributed by atoms with Crippen molar-refractivity contribution in [1.29, 1.82) is 5.26 Å². The molecule has 0 unspecified atom stereocenters. The summed E-state index contributed by atoms with van der Waals surface area (Å²) in [6.07, 6.45) is 5.35. The molecule has 1 saturated carbocycles. The van der Waals surface area contributed by atoms with Crippen molar-refractivity contribution in [2.45, 2.75) is 81.4 Å². The van der Waals surface area contributed by atoms with Crippen molar-refractivity contribution < 1.29 is 8.42 Å². The van der Waals surface area contributed by atoms with Gasteiger partial charge in [0, 0.05) is 30.0 Å². The Morgan fingerprint density at radius 3 is 2.58 bits per heavy atom. The molecule has 2 aliphatic rings. The van der Waals surface area contributed by atoms with Gasteiger partial charge in [0.1, 0.15) is 5.39 Å². The molecule has 10 nitrogen and oxygen atoms in total. The van der Waals surface area contributed by atoms with Gasteiger partial charge in [-0.05, 0) is 90.4 Å². The zero-order valence-electron chi connectivity index (χ0n) is 22.6. The molecule has 0 saturated heterocycles. The summed E-state index contributed by atoms with van der Waals surface area (Å²) in [5.74, 6) is 0.391. The van der Waals surface area contributed by atoms with Gasteiger partial charge in [-0.2, -0.15) is 14.7 Å². The second-order valence-electron chi connectivity index (χ2n) is 11.7. The van der Waals surface area contributed by atoms with E-state index in [1.807, 2.05) is 37.6 Å². The van der Waals surface area contributed by atoms with E-state index in [1.165, 1.54) is 4.31 Å². The van der Waals surface area contributed by atoms with Gasteiger partial charge < -0.3 is 15.2 Å². The van der Waals surface area contributed by atoms with E-state index in [2.05, 4.69) is 35.4 Å². The van der Waals surface area contributed by atoms with Gasteiger partial charge in [-0.25, -0.2) is 8.42 Å². The minimum Gasteiger partial charge on any atom is -0.338 e. The van der Waals surface area contributed by atoms with Gasteiger partial charge in [0.2, 0.25) is 10.0 Å². The smallest absolute Gasteiger partial charge is 0.261 e. The fourth-order valence-electron chi connectivity index (χ4n) is 5.92. The lowest BCUT2D eigenvalue weighted by Gasteiger charge is -2.41. The summed E-state index contributed by atoms with van der Waals surface area (Å²) in [5, 5.41) is 18.4. The predicted molar refractivity (Wildman–Crippen MR) is 147 cm³/mol. The van der Waals surface area contributed by atoms with Crippen LogP contribution in [0.5, 0.6) is 0 Å². The number of nitriles is 1. The summed E-state index contributed by atoms with van der Waals surface area (Å²) in [5.41, 5.74) is 0.701. The van der Waals surface area contributed by atoms with E-state index in [4.69, 9.17) is 5.10 Å². The first kappa shape index (κ1) is 26.4. The minimum absolute atomic E-state index is 0.270. The maximum Gasteiger partial charge on any atom is 0.261 e. The average molecular weight is 538 g/mol. The number of aromatic amines is 1. The summed E-state index contributed by atoms with van der Waals surface area (Å²) in [7, 11) is 0.584. The van der Waals surface area contributed by atoms with E-state index in [9.17, 15) is 18.5 Å². The third-order valence-corrected chi connectivity index (χ3v) is 10.2. The number of anilines is 2. The lowest BCUT2D eigenvalue weighted by molar-refractivity contribution is 0.119. The Labute approximate surface area is 223 Å². The number of rotatable bonds is 5. The van der Waals surface area contributed by atoms with Gasteiger partial charge in [0.15, 0.2) is 5.82 Å². The number of pyridine rings is 1. The van der Waals surface area contributed by atoms with Crippen molar-refractivity contribution in [3.05, 3.63) is 46.4 Å². The Morgan fingerprint density at radius 2 is 1.95 bits per heavy atom. The van der Waals surface area contributed by atoms with Crippen molar-refractivity contribution in [3.63, 3.8) is 0 Å². The fourth-order valence-corrected chi connectivity index (χ4v) is 7.88. The molecule has 2 N–H and O–H groups in total. The van der Waals surface area contributed by atoms with Crippen LogP contribution in [0.25, 0.3) is 10.9 Å². The van der Waals surface area contributed by atoms with Crippen LogP contribution in [0, 0.1) is 11.3 Å². The van der Waals surface area contributed by atoms with E-state index < -0.39 is 21.1 Å². The van der Waals surface area contributed by atoms with Crippen LogP contribution in [0.15, 0.2) is 40.2 Å². The first-order chi connectivity index (χ1) is 17.9. The van der Waals surface area contributed by atoms with E-state index in [0.29, 0.717) is 45.3 Å². The number of nitrogens with zero attached hydrogens (tertiary/aromatic N) is 5. The molecule has 0 spiro atoms. The number of benzene rings is 1. The maximum atomic E-state index is 13.1. The SMILES string of the molecule is CN(C)C1CCC(CC#N)(n2nc(Nc3ccc4c(c3)CN(C(C)(C)C)S4(=O)=O)c3c(=O)[nH]ccc32)CC1. The van der Waals surface area contributed by atoms with E-state index in [1.54, 1.807) is 18.3 Å². The first-order valence-corrected chi connectivity index (χ1v) is 14.4. The zero-order valence-corrected chi connectivity index (χ0v) is 23.4. The molecule has 0 atom stereocenters. The normalized spacial score (nSPS) is 23.4. The number of nitrogens with one attached hydrogen (secondary N) is 2. The number of sulfonamides is 1. The molecule has 0 bridgehead atoms. The quantitative estimate of drug-likeness (QED) is 0.506. The average Bonchev–Trinajstić information content (AvgIpc) is 3.35. The Bertz CT molecular complexity index is 1580. The van der Waals surface area contributed by atoms with Crippen molar-refractivity contribution in [2.24, 2.45) is 0 Å². The molecule has 1 aliphatic heterocycles. The highest BCUT2D eigenvalue weighted by atomic mass is 32.2. The summed E-state index contributed by atoms with van der Waals surface area (Å²) in [4.78, 5) is 18.3. The number of aromatic nitrogens is 3. The van der Waals surface area contributed by atoms with Crippen molar-refractivity contribution in [1.82, 2.24) is 24.0 Å². The number of hydrogen-bond donors (Lipinski definition) is 2. The van der Waals surface area contributed by atoms with Gasteiger partial charge in [0.05, 0.1) is 28.4 Å². The summed E-state index contributed by atoms with van der Waals surface area (Å²) < 4.78 is 29.5. The lowest BCUT2D eigenvalue weighted by Crippen LogP contribution is -2.43. The standard InChI is InChI=1S/C27H35N7O3S/c1-26(2,3)33-17-18-16-19(6-7-22(18)38(33,36)37)30-24-23-21(10-15-29-25(23)35)34(31-24)27(13-14-28)11-8-20(9-12-27)32(4)5/h6-7,10,15-16,20H,8-9,11-13,17H2,1-5H3,(H,29,35)(H,30,31). The molecular formula is C27H35N7O3S. The number of hydrogen-bond acceptors (Lipinski definition) is 7. The topological polar surface area (TPSA) is 127 Å². The van der Waals surface area contributed by atoms with Gasteiger partial charge in [-0.1, -0.05) is 0 Å². The Morgan fingerprint density at radius 1 is 1.24 bits per heavy atom. The van der Waals surface area contributed by atoms with Crippen LogP contribution in [0.2, 0.25) is 0 Å². The van der Waals surface area contributed by atoms with Crippen LogP contribution in [0.3, 0.4) is 0 Å². The molecule has 0 amide bonds. The molecule has 3 aromatic rings. The second kappa shape index (κ2) is 9.22. The van der Waals surface area contributed by atoms with Crippen molar-refractivity contribution in [2.75, 3.05) is 19.4 Å². The van der Waals surface area contributed by atoms with Crippen LogP contribution in [0.1, 0.15) is 58.4 Å². The van der Waals surface area contributed by atoms with E-state index in [0.717, 1.165) is 25.7 Å². The zero-order chi connectivity index (χ0) is 27.5. The molecule has 1 aliphatic carbocycles. The van der Waals surface area contributed by atoms with Crippen molar-refractivity contribution in [3.8, 4) is 6.07 Å². The lowest BCUT2D eigenvalue weighted by atomic mass is 9.77. The van der Waals surface area contributed by atoms with Crippen LogP contribution >= 0.6 is 0 Å². The second-order valence-corrected chi connectivity index (χ2v) is 13.5. The molecule has 38 heavy (non-hydrogen) atoms. The van der Waals surface area contributed by atoms with E-state index in [-0.39, 0.29) is 12.1 Å². The van der Waals surface area contributed by atoms with Crippen LogP contribution < -0.4 is 10.9 Å². The fraction of sp³-hybridized carbons (Fsp3) is 0.519. The summed E-state index contributed by atoms with van der Waals surface area (Å²) in [6, 6.07) is 9.78. The maximum absolute atomic E-state index is 13.1. The molecule has 202 valence electrons. The number of H-pyrrole nitrogens is 1. The third-order valence-electron chi connectivity index (χ3n) is 8.03.